The molecular weight excluding hydrogens is 214 g/mol. The van der Waals surface area contributed by atoms with Gasteiger partial charge in [0.15, 0.2) is 0 Å². The number of nitrogens with zero attached hydrogens (tertiary/aromatic N) is 1. The van der Waals surface area contributed by atoms with Gasteiger partial charge in [-0.1, -0.05) is 0 Å². The standard InChI is InChI=1S/C9H13N3O4/c1-15-5-7-6(9(14)12-11-7)3-10-4-8(13)16-2/h3H,4-5H2,1-2H3,(H2,11,12,14). The predicted octanol–water partition coefficient (Wildman–Crippen LogP) is -0.559. The summed E-state index contributed by atoms with van der Waals surface area (Å²) in [5.74, 6) is -0.462. The molecule has 0 saturated heterocycles. The lowest BCUT2D eigenvalue weighted by molar-refractivity contribution is -0.138. The van der Waals surface area contributed by atoms with Crippen LogP contribution < -0.4 is 5.56 Å². The fourth-order valence-electron chi connectivity index (χ4n) is 1.07. The van der Waals surface area contributed by atoms with Gasteiger partial charge in [-0.15, -0.1) is 0 Å². The molecule has 88 valence electrons. The zero-order chi connectivity index (χ0) is 12.0. The highest BCUT2D eigenvalue weighted by Crippen LogP contribution is 1.97. The van der Waals surface area contributed by atoms with E-state index in [9.17, 15) is 9.59 Å². The summed E-state index contributed by atoms with van der Waals surface area (Å²) in [5.41, 5.74) is 0.632. The molecule has 0 aliphatic heterocycles. The van der Waals surface area contributed by atoms with Gasteiger partial charge in [-0.3, -0.25) is 24.8 Å². The highest BCUT2D eigenvalue weighted by atomic mass is 16.5. The molecule has 0 aromatic carbocycles. The number of hydrogen-bond acceptors (Lipinski definition) is 5. The first kappa shape index (κ1) is 12.2. The van der Waals surface area contributed by atoms with E-state index in [1.54, 1.807) is 0 Å². The third-order valence-corrected chi connectivity index (χ3v) is 1.85. The van der Waals surface area contributed by atoms with Crippen LogP contribution in [0.3, 0.4) is 0 Å². The van der Waals surface area contributed by atoms with E-state index in [1.165, 1.54) is 20.4 Å². The molecular formula is C9H13N3O4. The van der Waals surface area contributed by atoms with E-state index in [-0.39, 0.29) is 18.7 Å². The minimum Gasteiger partial charge on any atom is -0.468 e. The normalized spacial score (nSPS) is 10.9. The zero-order valence-corrected chi connectivity index (χ0v) is 9.07. The number of rotatable bonds is 5. The van der Waals surface area contributed by atoms with Crippen molar-refractivity contribution in [3.8, 4) is 0 Å². The van der Waals surface area contributed by atoms with Crippen LogP contribution in [-0.2, 0) is 20.9 Å². The molecule has 0 aliphatic carbocycles. The smallest absolute Gasteiger partial charge is 0.327 e. The van der Waals surface area contributed by atoms with E-state index < -0.39 is 5.97 Å². The summed E-state index contributed by atoms with van der Waals surface area (Å²) in [6.45, 7) is 0.145. The molecule has 7 nitrogen and oxygen atoms in total. The molecule has 2 N–H and O–H groups in total. The molecule has 0 amide bonds. The molecule has 0 fully saturated rings. The molecule has 0 radical (unpaired) electrons. The first-order valence-corrected chi connectivity index (χ1v) is 4.54. The van der Waals surface area contributed by atoms with Crippen LogP contribution in [0, 0.1) is 0 Å². The second-order valence-electron chi connectivity index (χ2n) is 2.95. The predicted molar refractivity (Wildman–Crippen MR) is 56.6 cm³/mol. The maximum absolute atomic E-state index is 11.3. The lowest BCUT2D eigenvalue weighted by Crippen LogP contribution is -2.09. The largest absolute Gasteiger partial charge is 0.468 e. The first-order chi connectivity index (χ1) is 7.69. The minimum atomic E-state index is -0.462. The Morgan fingerprint density at radius 3 is 2.81 bits per heavy atom. The molecule has 1 aromatic heterocycles. The summed E-state index contributed by atoms with van der Waals surface area (Å²) in [6.07, 6.45) is 1.32. The lowest BCUT2D eigenvalue weighted by atomic mass is 10.3. The summed E-state index contributed by atoms with van der Waals surface area (Å²) >= 11 is 0. The van der Waals surface area contributed by atoms with Gasteiger partial charge in [-0.2, -0.15) is 0 Å². The zero-order valence-electron chi connectivity index (χ0n) is 9.07. The van der Waals surface area contributed by atoms with E-state index in [0.717, 1.165) is 0 Å². The Morgan fingerprint density at radius 1 is 1.44 bits per heavy atom. The highest BCUT2D eigenvalue weighted by molar-refractivity contribution is 5.83. The molecule has 0 atom stereocenters. The van der Waals surface area contributed by atoms with Crippen LogP contribution in [0.25, 0.3) is 0 Å². The Balaban J connectivity index is 2.75. The number of H-pyrrole nitrogens is 2. The Morgan fingerprint density at radius 2 is 2.19 bits per heavy atom. The first-order valence-electron chi connectivity index (χ1n) is 4.54. The second-order valence-corrected chi connectivity index (χ2v) is 2.95. The quantitative estimate of drug-likeness (QED) is 0.520. The third-order valence-electron chi connectivity index (χ3n) is 1.85. The van der Waals surface area contributed by atoms with Gasteiger partial charge in [0.05, 0.1) is 25.0 Å². The van der Waals surface area contributed by atoms with Gasteiger partial charge >= 0.3 is 5.97 Å². The Kier molecular flexibility index (Phi) is 4.46. The molecule has 1 aromatic rings. The van der Waals surface area contributed by atoms with Crippen LogP contribution in [0.1, 0.15) is 11.3 Å². The summed E-state index contributed by atoms with van der Waals surface area (Å²) < 4.78 is 9.29. The summed E-state index contributed by atoms with van der Waals surface area (Å²) in [5, 5.41) is 5.06. The number of nitrogens with one attached hydrogen (secondary N) is 2. The Labute approximate surface area is 91.5 Å². The van der Waals surface area contributed by atoms with Crippen molar-refractivity contribution in [1.82, 2.24) is 10.2 Å². The topological polar surface area (TPSA) is 96.5 Å². The van der Waals surface area contributed by atoms with Crippen LogP contribution >= 0.6 is 0 Å². The molecule has 0 spiro atoms. The van der Waals surface area contributed by atoms with Crippen molar-refractivity contribution in [2.75, 3.05) is 20.8 Å². The molecule has 16 heavy (non-hydrogen) atoms. The van der Waals surface area contributed by atoms with Crippen LogP contribution in [0.15, 0.2) is 9.79 Å². The van der Waals surface area contributed by atoms with Gasteiger partial charge in [0, 0.05) is 13.3 Å². The van der Waals surface area contributed by atoms with Crippen molar-refractivity contribution in [3.63, 3.8) is 0 Å². The third kappa shape index (κ3) is 3.06. The van der Waals surface area contributed by atoms with Crippen LogP contribution in [0.2, 0.25) is 0 Å². The molecule has 0 unspecified atom stereocenters. The molecule has 7 heteroatoms. The van der Waals surface area contributed by atoms with Gasteiger partial charge in [0.25, 0.3) is 5.56 Å². The number of carbonyl (C=O) groups excluding carboxylic acids is 1. The molecule has 0 aliphatic rings. The fraction of sp³-hybridized carbons (Fsp3) is 0.444. The van der Waals surface area contributed by atoms with E-state index >= 15 is 0 Å². The minimum absolute atomic E-state index is 0.118. The maximum atomic E-state index is 11.3. The number of aromatic nitrogens is 2. The van der Waals surface area contributed by atoms with E-state index in [2.05, 4.69) is 19.9 Å². The molecule has 0 saturated carbocycles. The van der Waals surface area contributed by atoms with Crippen molar-refractivity contribution < 1.29 is 14.3 Å². The number of aliphatic imine (C=N–C) groups is 1. The van der Waals surface area contributed by atoms with Gasteiger partial charge in [-0.25, -0.2) is 0 Å². The molecule has 1 heterocycles. The van der Waals surface area contributed by atoms with Crippen molar-refractivity contribution in [2.45, 2.75) is 6.61 Å². The van der Waals surface area contributed by atoms with Crippen LogP contribution in [0.5, 0.6) is 0 Å². The average Bonchev–Trinajstić information content (AvgIpc) is 2.61. The fourth-order valence-corrected chi connectivity index (χ4v) is 1.07. The van der Waals surface area contributed by atoms with E-state index in [0.29, 0.717) is 11.3 Å². The Hall–Kier alpha value is -1.89. The van der Waals surface area contributed by atoms with Gasteiger partial charge < -0.3 is 9.47 Å². The number of hydrogen-bond donors (Lipinski definition) is 2. The number of carbonyl (C=O) groups is 1. The SMILES string of the molecule is COCc1[nH][nH]c(=O)c1C=NCC(=O)OC. The average molecular weight is 227 g/mol. The number of methoxy groups -OCH3 is 2. The summed E-state index contributed by atoms with van der Waals surface area (Å²) in [4.78, 5) is 25.9. The summed E-state index contributed by atoms with van der Waals surface area (Å²) in [7, 11) is 2.79. The molecule has 1 rings (SSSR count). The lowest BCUT2D eigenvalue weighted by Gasteiger charge is -1.95. The second kappa shape index (κ2) is 5.86. The molecule has 0 bridgehead atoms. The van der Waals surface area contributed by atoms with Gasteiger partial charge in [0.2, 0.25) is 0 Å². The van der Waals surface area contributed by atoms with Gasteiger partial charge in [-0.05, 0) is 0 Å². The van der Waals surface area contributed by atoms with Crippen molar-refractivity contribution in [1.29, 1.82) is 0 Å². The maximum Gasteiger partial charge on any atom is 0.327 e. The summed E-state index contributed by atoms with van der Waals surface area (Å²) in [6, 6.07) is 0. The highest BCUT2D eigenvalue weighted by Gasteiger charge is 2.07. The van der Waals surface area contributed by atoms with Crippen molar-refractivity contribution in [2.24, 2.45) is 4.99 Å². The van der Waals surface area contributed by atoms with E-state index in [4.69, 9.17) is 4.74 Å². The van der Waals surface area contributed by atoms with Crippen molar-refractivity contribution in [3.05, 3.63) is 21.6 Å². The number of ether oxygens (including phenoxy) is 2. The van der Waals surface area contributed by atoms with E-state index in [1.807, 2.05) is 0 Å². The number of aromatic amines is 2. The van der Waals surface area contributed by atoms with Crippen LogP contribution in [-0.4, -0.2) is 43.1 Å². The van der Waals surface area contributed by atoms with Crippen LogP contribution in [0.4, 0.5) is 0 Å². The monoisotopic (exact) mass is 227 g/mol. The Bertz CT molecular complexity index is 432. The number of esters is 1. The van der Waals surface area contributed by atoms with Crippen molar-refractivity contribution >= 4 is 12.2 Å². The van der Waals surface area contributed by atoms with Gasteiger partial charge in [0.1, 0.15) is 6.54 Å².